The Morgan fingerprint density at radius 2 is 0.906 bits per heavy atom. The van der Waals surface area contributed by atoms with Crippen molar-refractivity contribution in [3.05, 3.63) is 0 Å². The number of hydrogen-bond acceptors (Lipinski definition) is 3. The molecule has 0 aromatic heterocycles. The number of rotatable bonds is 24. The van der Waals surface area contributed by atoms with Crippen molar-refractivity contribution in [3.8, 4) is 0 Å². The fourth-order valence-corrected chi connectivity index (χ4v) is 3.84. The monoisotopic (exact) mass is 454 g/mol. The van der Waals surface area contributed by atoms with Crippen LogP contribution in [0.15, 0.2) is 0 Å². The van der Waals surface area contributed by atoms with Crippen molar-refractivity contribution in [2.24, 2.45) is 0 Å². The molecule has 3 N–H and O–H groups in total. The Kier molecular flexibility index (Phi) is 22.9. The molecule has 0 saturated carbocycles. The van der Waals surface area contributed by atoms with Crippen LogP contribution in [0.3, 0.4) is 0 Å². The molecular weight excluding hydrogens is 404 g/mol. The summed E-state index contributed by atoms with van der Waals surface area (Å²) in [4.78, 5) is 33.5. The fraction of sp³-hybridized carbons (Fsp3) is 0.885. The zero-order chi connectivity index (χ0) is 23.7. The average Bonchev–Trinajstić information content (AvgIpc) is 2.77. The second kappa shape index (κ2) is 24.1. The molecule has 6 heteroatoms. The highest BCUT2D eigenvalue weighted by Gasteiger charge is 2.05. The molecule has 0 aliphatic rings. The van der Waals surface area contributed by atoms with E-state index in [0.717, 1.165) is 12.8 Å². The molecule has 0 bridgehead atoms. The van der Waals surface area contributed by atoms with Crippen molar-refractivity contribution in [3.63, 3.8) is 0 Å². The van der Waals surface area contributed by atoms with Crippen LogP contribution in [0.2, 0.25) is 0 Å². The van der Waals surface area contributed by atoms with Crippen LogP contribution in [0.1, 0.15) is 135 Å². The van der Waals surface area contributed by atoms with Gasteiger partial charge in [0.25, 0.3) is 0 Å². The first kappa shape index (κ1) is 30.4. The third-order valence-electron chi connectivity index (χ3n) is 5.85. The quantitative estimate of drug-likeness (QED) is 0.153. The number of hydrogen-bond donors (Lipinski definition) is 3. The predicted octanol–water partition coefficient (Wildman–Crippen LogP) is 6.13. The maximum absolute atomic E-state index is 11.8. The first-order valence-corrected chi connectivity index (χ1v) is 13.3. The molecule has 0 aliphatic carbocycles. The van der Waals surface area contributed by atoms with Gasteiger partial charge < -0.3 is 15.7 Å². The first-order chi connectivity index (χ1) is 15.6. The lowest BCUT2D eigenvalue weighted by Gasteiger charge is -2.06. The highest BCUT2D eigenvalue weighted by atomic mass is 16.4. The van der Waals surface area contributed by atoms with Crippen LogP contribution in [0.25, 0.3) is 0 Å². The Bertz CT molecular complexity index is 469. The van der Waals surface area contributed by atoms with E-state index in [-0.39, 0.29) is 24.8 Å². The van der Waals surface area contributed by atoms with Crippen molar-refractivity contribution in [2.75, 3.05) is 13.1 Å². The van der Waals surface area contributed by atoms with E-state index < -0.39 is 5.97 Å². The molecule has 0 rings (SSSR count). The third-order valence-corrected chi connectivity index (χ3v) is 5.85. The molecule has 2 amide bonds. The van der Waals surface area contributed by atoms with E-state index in [9.17, 15) is 14.4 Å². The fourth-order valence-electron chi connectivity index (χ4n) is 3.84. The van der Waals surface area contributed by atoms with Gasteiger partial charge in [-0.3, -0.25) is 14.4 Å². The zero-order valence-corrected chi connectivity index (χ0v) is 20.7. The molecule has 0 heterocycles. The lowest BCUT2D eigenvalue weighted by molar-refractivity contribution is -0.137. The molecule has 0 spiro atoms. The molecule has 0 atom stereocenters. The minimum Gasteiger partial charge on any atom is -0.480 e. The Labute approximate surface area is 196 Å². The van der Waals surface area contributed by atoms with E-state index in [1.165, 1.54) is 96.3 Å². The molecule has 0 radical (unpaired) electrons. The van der Waals surface area contributed by atoms with Gasteiger partial charge >= 0.3 is 5.97 Å². The molecule has 0 aromatic rings. The summed E-state index contributed by atoms with van der Waals surface area (Å²) < 4.78 is 0. The summed E-state index contributed by atoms with van der Waals surface area (Å²) >= 11 is 0. The van der Waals surface area contributed by atoms with Crippen molar-refractivity contribution < 1.29 is 19.5 Å². The van der Waals surface area contributed by atoms with E-state index >= 15 is 0 Å². The minimum absolute atomic E-state index is 0.0388. The number of amides is 2. The second-order valence-corrected chi connectivity index (χ2v) is 9.03. The van der Waals surface area contributed by atoms with Gasteiger partial charge in [0.2, 0.25) is 11.8 Å². The number of carbonyl (C=O) groups is 3. The van der Waals surface area contributed by atoms with Crippen LogP contribution in [-0.4, -0.2) is 36.0 Å². The number of nitrogens with one attached hydrogen (secondary N) is 2. The number of carboxylic acids is 1. The molecule has 188 valence electrons. The number of carbonyl (C=O) groups excluding carboxylic acids is 2. The van der Waals surface area contributed by atoms with Gasteiger partial charge in [-0.25, -0.2) is 0 Å². The number of carboxylic acid groups (broad SMARTS) is 1. The molecule has 0 aliphatic heterocycles. The summed E-state index contributed by atoms with van der Waals surface area (Å²) in [6, 6.07) is 0. The summed E-state index contributed by atoms with van der Waals surface area (Å²) in [5, 5.41) is 13.6. The Morgan fingerprint density at radius 3 is 1.34 bits per heavy atom. The van der Waals surface area contributed by atoms with E-state index in [4.69, 9.17) is 5.11 Å². The van der Waals surface area contributed by atoms with Crippen LogP contribution in [0.4, 0.5) is 0 Å². The predicted molar refractivity (Wildman–Crippen MR) is 132 cm³/mol. The van der Waals surface area contributed by atoms with Gasteiger partial charge in [-0.1, -0.05) is 110 Å². The summed E-state index contributed by atoms with van der Waals surface area (Å²) in [6.45, 7) is 2.37. The Hall–Kier alpha value is -1.59. The Morgan fingerprint density at radius 1 is 0.531 bits per heavy atom. The van der Waals surface area contributed by atoms with E-state index in [2.05, 4.69) is 17.6 Å². The average molecular weight is 455 g/mol. The summed E-state index contributed by atoms with van der Waals surface area (Å²) in [5.41, 5.74) is 0. The first-order valence-electron chi connectivity index (χ1n) is 13.3. The lowest BCUT2D eigenvalue weighted by atomic mass is 10.0. The summed E-state index contributed by atoms with van der Waals surface area (Å²) in [5.74, 6) is -1.31. The normalized spacial score (nSPS) is 10.8. The Balaban J connectivity index is 3.22. The van der Waals surface area contributed by atoms with Gasteiger partial charge in [0.15, 0.2) is 0 Å². The summed E-state index contributed by atoms with van der Waals surface area (Å²) in [7, 11) is 0. The van der Waals surface area contributed by atoms with Crippen LogP contribution in [0.5, 0.6) is 0 Å². The van der Waals surface area contributed by atoms with E-state index in [0.29, 0.717) is 19.4 Å². The molecular formula is C26H50N2O4. The molecule has 0 aromatic carbocycles. The highest BCUT2D eigenvalue weighted by molar-refractivity contribution is 5.81. The largest absolute Gasteiger partial charge is 0.480 e. The van der Waals surface area contributed by atoms with Crippen molar-refractivity contribution in [1.82, 2.24) is 10.6 Å². The molecule has 0 unspecified atom stereocenters. The smallest absolute Gasteiger partial charge is 0.322 e. The van der Waals surface area contributed by atoms with Crippen LogP contribution < -0.4 is 10.6 Å². The molecule has 0 saturated heterocycles. The number of unbranched alkanes of at least 4 members (excludes halogenated alkanes) is 16. The van der Waals surface area contributed by atoms with Gasteiger partial charge in [0, 0.05) is 19.4 Å². The maximum atomic E-state index is 11.8. The number of aliphatic carboxylic acids is 1. The molecule has 6 nitrogen and oxygen atoms in total. The van der Waals surface area contributed by atoms with Crippen molar-refractivity contribution in [1.29, 1.82) is 0 Å². The summed E-state index contributed by atoms with van der Waals surface area (Å²) in [6.07, 6.45) is 23.9. The van der Waals surface area contributed by atoms with Gasteiger partial charge in [-0.15, -0.1) is 0 Å². The van der Waals surface area contributed by atoms with Crippen LogP contribution >= 0.6 is 0 Å². The molecule has 0 fully saturated rings. The standard InChI is InChI=1S/C26H50N2O4/c1-2-3-4-5-6-7-8-9-10-11-12-13-14-15-16-17-18-20-24(29)27-22-19-21-25(30)28-23-26(31)32/h2-23H2,1H3,(H,27,29)(H,28,30)(H,31,32). The zero-order valence-electron chi connectivity index (χ0n) is 20.7. The van der Waals surface area contributed by atoms with E-state index in [1.807, 2.05) is 0 Å². The maximum Gasteiger partial charge on any atom is 0.322 e. The SMILES string of the molecule is CCCCCCCCCCCCCCCCCCCC(=O)NCCCC(=O)NCC(=O)O. The molecule has 32 heavy (non-hydrogen) atoms. The topological polar surface area (TPSA) is 95.5 Å². The third kappa shape index (κ3) is 24.7. The van der Waals surface area contributed by atoms with E-state index in [1.54, 1.807) is 0 Å². The van der Waals surface area contributed by atoms with Crippen LogP contribution in [-0.2, 0) is 14.4 Å². The second-order valence-electron chi connectivity index (χ2n) is 9.03. The van der Waals surface area contributed by atoms with Gasteiger partial charge in [0.1, 0.15) is 6.54 Å². The highest BCUT2D eigenvalue weighted by Crippen LogP contribution is 2.14. The van der Waals surface area contributed by atoms with Gasteiger partial charge in [-0.05, 0) is 12.8 Å². The minimum atomic E-state index is -1.05. The van der Waals surface area contributed by atoms with Gasteiger partial charge in [0.05, 0.1) is 0 Å². The van der Waals surface area contributed by atoms with Gasteiger partial charge in [-0.2, -0.15) is 0 Å². The lowest BCUT2D eigenvalue weighted by Crippen LogP contribution is -2.30. The van der Waals surface area contributed by atoms with Crippen molar-refractivity contribution in [2.45, 2.75) is 135 Å². The van der Waals surface area contributed by atoms with Crippen molar-refractivity contribution >= 4 is 17.8 Å². The van der Waals surface area contributed by atoms with Crippen LogP contribution in [0, 0.1) is 0 Å².